The summed E-state index contributed by atoms with van der Waals surface area (Å²) in [7, 11) is 4.42. The van der Waals surface area contributed by atoms with Crippen molar-refractivity contribution >= 4 is 11.9 Å². The fraction of sp³-hybridized carbons (Fsp3) is 0.500. The number of hydrogen-bond donors (Lipinski definition) is 1. The monoisotopic (exact) mass is 323 g/mol. The zero-order valence-corrected chi connectivity index (χ0v) is 13.5. The van der Waals surface area contributed by atoms with Crippen molar-refractivity contribution in [3.05, 3.63) is 17.7 Å². The molecule has 7 heteroatoms. The molecule has 0 spiro atoms. The molecular weight excluding hydrogens is 302 g/mol. The standard InChI is InChI=1S/C16H21NO6/c1-21-12-7-6-11(14(22-2)15(12)23-3)16(20)17-8-4-5-10(17)9-13(18)19/h6-7,10H,4-5,8-9H2,1-3H3,(H,18,19). The Morgan fingerprint density at radius 3 is 2.43 bits per heavy atom. The Labute approximate surface area is 134 Å². The van der Waals surface area contributed by atoms with Crippen molar-refractivity contribution in [2.24, 2.45) is 0 Å². The summed E-state index contributed by atoms with van der Waals surface area (Å²) < 4.78 is 15.8. The molecule has 1 saturated heterocycles. The number of nitrogens with zero attached hydrogens (tertiary/aromatic N) is 1. The van der Waals surface area contributed by atoms with Crippen LogP contribution in [0.3, 0.4) is 0 Å². The number of methoxy groups -OCH3 is 3. The Balaban J connectivity index is 2.37. The summed E-state index contributed by atoms with van der Waals surface area (Å²) in [6, 6.07) is 2.95. The van der Waals surface area contributed by atoms with Gasteiger partial charge in [0, 0.05) is 12.6 Å². The summed E-state index contributed by atoms with van der Waals surface area (Å²) in [5.41, 5.74) is 0.336. The predicted molar refractivity (Wildman–Crippen MR) is 82.4 cm³/mol. The highest BCUT2D eigenvalue weighted by atomic mass is 16.5. The molecule has 0 aliphatic carbocycles. The number of hydrogen-bond acceptors (Lipinski definition) is 5. The van der Waals surface area contributed by atoms with E-state index in [1.54, 1.807) is 17.0 Å². The van der Waals surface area contributed by atoms with E-state index in [9.17, 15) is 9.59 Å². The van der Waals surface area contributed by atoms with Crippen molar-refractivity contribution in [2.45, 2.75) is 25.3 Å². The van der Waals surface area contributed by atoms with Crippen LogP contribution in [-0.2, 0) is 4.79 Å². The molecule has 1 aromatic carbocycles. The molecule has 126 valence electrons. The quantitative estimate of drug-likeness (QED) is 0.859. The number of carboxylic acid groups (broad SMARTS) is 1. The molecule has 1 N–H and O–H groups in total. The molecule has 7 nitrogen and oxygen atoms in total. The van der Waals surface area contributed by atoms with Crippen molar-refractivity contribution in [3.63, 3.8) is 0 Å². The molecule has 1 atom stereocenters. The molecule has 1 aliphatic heterocycles. The fourth-order valence-electron chi connectivity index (χ4n) is 2.94. The van der Waals surface area contributed by atoms with Crippen LogP contribution in [0.15, 0.2) is 12.1 Å². The first-order valence-corrected chi connectivity index (χ1v) is 7.35. The van der Waals surface area contributed by atoms with Crippen molar-refractivity contribution in [3.8, 4) is 17.2 Å². The van der Waals surface area contributed by atoms with Crippen LogP contribution >= 0.6 is 0 Å². The van der Waals surface area contributed by atoms with Crippen LogP contribution in [-0.4, -0.2) is 55.8 Å². The van der Waals surface area contributed by atoms with Gasteiger partial charge >= 0.3 is 5.97 Å². The zero-order chi connectivity index (χ0) is 17.0. The van der Waals surface area contributed by atoms with E-state index in [0.29, 0.717) is 30.0 Å². The average Bonchev–Trinajstić information content (AvgIpc) is 2.99. The molecule has 1 aromatic rings. The van der Waals surface area contributed by atoms with E-state index in [1.165, 1.54) is 21.3 Å². The Morgan fingerprint density at radius 1 is 1.17 bits per heavy atom. The van der Waals surface area contributed by atoms with E-state index in [0.717, 1.165) is 6.42 Å². The topological polar surface area (TPSA) is 85.3 Å². The van der Waals surface area contributed by atoms with Crippen molar-refractivity contribution < 1.29 is 28.9 Å². The minimum absolute atomic E-state index is 0.0542. The van der Waals surface area contributed by atoms with Crippen LogP contribution in [0.5, 0.6) is 17.2 Å². The third kappa shape index (κ3) is 3.33. The van der Waals surface area contributed by atoms with E-state index in [2.05, 4.69) is 0 Å². The number of rotatable bonds is 6. The molecule has 1 amide bonds. The van der Waals surface area contributed by atoms with Crippen LogP contribution in [0, 0.1) is 0 Å². The van der Waals surface area contributed by atoms with Crippen molar-refractivity contribution in [1.82, 2.24) is 4.90 Å². The molecule has 23 heavy (non-hydrogen) atoms. The zero-order valence-electron chi connectivity index (χ0n) is 13.5. The molecule has 1 heterocycles. The number of carboxylic acids is 1. The van der Waals surface area contributed by atoms with Crippen LogP contribution in [0.2, 0.25) is 0 Å². The second kappa shape index (κ2) is 7.21. The Bertz CT molecular complexity index is 600. The van der Waals surface area contributed by atoms with Crippen molar-refractivity contribution in [1.29, 1.82) is 0 Å². The highest BCUT2D eigenvalue weighted by Crippen LogP contribution is 2.40. The van der Waals surface area contributed by atoms with Gasteiger partial charge in [-0.25, -0.2) is 0 Å². The van der Waals surface area contributed by atoms with Crippen LogP contribution in [0.4, 0.5) is 0 Å². The van der Waals surface area contributed by atoms with Crippen molar-refractivity contribution in [2.75, 3.05) is 27.9 Å². The lowest BCUT2D eigenvalue weighted by Gasteiger charge is -2.25. The molecule has 0 radical (unpaired) electrons. The smallest absolute Gasteiger partial charge is 0.305 e. The molecule has 2 rings (SSSR count). The van der Waals surface area contributed by atoms with Gasteiger partial charge in [0.2, 0.25) is 5.75 Å². The highest BCUT2D eigenvalue weighted by Gasteiger charge is 2.33. The van der Waals surface area contributed by atoms with Gasteiger partial charge in [0.25, 0.3) is 5.91 Å². The number of aliphatic carboxylic acids is 1. The number of carbonyl (C=O) groups is 2. The summed E-state index contributed by atoms with van der Waals surface area (Å²) in [5.74, 6) is -0.0717. The third-order valence-corrected chi connectivity index (χ3v) is 3.98. The predicted octanol–water partition coefficient (Wildman–Crippen LogP) is 1.79. The van der Waals surface area contributed by atoms with E-state index >= 15 is 0 Å². The van der Waals surface area contributed by atoms with Gasteiger partial charge in [0.1, 0.15) is 0 Å². The van der Waals surface area contributed by atoms with Gasteiger partial charge in [-0.3, -0.25) is 9.59 Å². The van der Waals surface area contributed by atoms with E-state index in [4.69, 9.17) is 19.3 Å². The van der Waals surface area contributed by atoms with E-state index < -0.39 is 5.97 Å². The summed E-state index contributed by atoms with van der Waals surface area (Å²) in [6.45, 7) is 0.536. The molecule has 0 saturated carbocycles. The van der Waals surface area contributed by atoms with E-state index in [1.807, 2.05) is 0 Å². The molecule has 1 fully saturated rings. The SMILES string of the molecule is COc1ccc(C(=O)N2CCCC2CC(=O)O)c(OC)c1OC. The maximum Gasteiger partial charge on any atom is 0.305 e. The van der Waals surface area contributed by atoms with Gasteiger partial charge in [0.05, 0.1) is 33.3 Å². The average molecular weight is 323 g/mol. The summed E-state index contributed by atoms with van der Waals surface area (Å²) in [6.07, 6.45) is 1.42. The summed E-state index contributed by atoms with van der Waals surface area (Å²) in [5, 5.41) is 9.00. The summed E-state index contributed by atoms with van der Waals surface area (Å²) in [4.78, 5) is 25.4. The molecule has 0 bridgehead atoms. The maximum absolute atomic E-state index is 12.8. The maximum atomic E-state index is 12.8. The van der Waals surface area contributed by atoms with Crippen LogP contribution in [0.25, 0.3) is 0 Å². The lowest BCUT2D eigenvalue weighted by molar-refractivity contribution is -0.137. The third-order valence-electron chi connectivity index (χ3n) is 3.98. The normalized spacial score (nSPS) is 17.0. The summed E-state index contributed by atoms with van der Waals surface area (Å²) >= 11 is 0. The van der Waals surface area contributed by atoms with Crippen LogP contribution < -0.4 is 14.2 Å². The van der Waals surface area contributed by atoms with Gasteiger partial charge in [-0.15, -0.1) is 0 Å². The lowest BCUT2D eigenvalue weighted by Crippen LogP contribution is -2.37. The van der Waals surface area contributed by atoms with Gasteiger partial charge in [-0.2, -0.15) is 0 Å². The number of ether oxygens (including phenoxy) is 3. The Kier molecular flexibility index (Phi) is 5.31. The van der Waals surface area contributed by atoms with Gasteiger partial charge in [0.15, 0.2) is 11.5 Å². The second-order valence-electron chi connectivity index (χ2n) is 5.27. The first kappa shape index (κ1) is 16.9. The Hall–Kier alpha value is -2.44. The van der Waals surface area contributed by atoms with Gasteiger partial charge in [-0.1, -0.05) is 0 Å². The number of amides is 1. The molecule has 1 unspecified atom stereocenters. The minimum atomic E-state index is -0.908. The second-order valence-corrected chi connectivity index (χ2v) is 5.27. The minimum Gasteiger partial charge on any atom is -0.493 e. The number of benzene rings is 1. The number of carbonyl (C=O) groups excluding carboxylic acids is 1. The fourth-order valence-corrected chi connectivity index (χ4v) is 2.94. The highest BCUT2D eigenvalue weighted by molar-refractivity contribution is 5.98. The van der Waals surface area contributed by atoms with Gasteiger partial charge in [-0.05, 0) is 25.0 Å². The van der Waals surface area contributed by atoms with Gasteiger partial charge < -0.3 is 24.2 Å². The van der Waals surface area contributed by atoms with E-state index in [-0.39, 0.29) is 24.1 Å². The largest absolute Gasteiger partial charge is 0.493 e. The Morgan fingerprint density at radius 2 is 1.87 bits per heavy atom. The van der Waals surface area contributed by atoms with Crippen LogP contribution in [0.1, 0.15) is 29.6 Å². The molecule has 1 aliphatic rings. The molecular formula is C16H21NO6. The first-order valence-electron chi connectivity index (χ1n) is 7.35. The molecule has 0 aromatic heterocycles. The first-order chi connectivity index (χ1) is 11.0. The number of likely N-dealkylation sites (tertiary alicyclic amines) is 1. The lowest BCUT2D eigenvalue weighted by atomic mass is 10.1.